The Labute approximate surface area is 147 Å². The molecule has 2 rings (SSSR count). The van der Waals surface area contributed by atoms with Gasteiger partial charge in [-0.2, -0.15) is 0 Å². The lowest BCUT2D eigenvalue weighted by Crippen LogP contribution is -2.35. The zero-order valence-corrected chi connectivity index (χ0v) is 14.5. The molecule has 0 fully saturated rings. The highest BCUT2D eigenvalue weighted by Crippen LogP contribution is 2.13. The first kappa shape index (κ1) is 18.4. The maximum Gasteiger partial charge on any atom is 0.307 e. The van der Waals surface area contributed by atoms with Crippen LogP contribution in [0, 0.1) is 0 Å². The number of carbonyl (C=O) groups excluding carboxylic acids is 2. The molecular formula is C19H22N2O4. The van der Waals surface area contributed by atoms with Crippen LogP contribution in [0.15, 0.2) is 48.8 Å². The van der Waals surface area contributed by atoms with E-state index in [-0.39, 0.29) is 18.3 Å². The molecule has 1 aromatic heterocycles. The summed E-state index contributed by atoms with van der Waals surface area (Å²) in [5.41, 5.74) is 1.64. The van der Waals surface area contributed by atoms with Crippen molar-refractivity contribution in [2.45, 2.75) is 12.8 Å². The summed E-state index contributed by atoms with van der Waals surface area (Å²) in [6, 6.07) is 11.0. The number of ether oxygens (including phenoxy) is 2. The first-order chi connectivity index (χ1) is 12.1. The van der Waals surface area contributed by atoms with Gasteiger partial charge in [-0.1, -0.05) is 12.1 Å². The fraction of sp³-hybridized carbons (Fsp3) is 0.316. The minimum absolute atomic E-state index is 0.125. The van der Waals surface area contributed by atoms with Crippen molar-refractivity contribution in [3.8, 4) is 5.75 Å². The summed E-state index contributed by atoms with van der Waals surface area (Å²) < 4.78 is 9.82. The van der Waals surface area contributed by atoms with E-state index in [4.69, 9.17) is 4.74 Å². The summed E-state index contributed by atoms with van der Waals surface area (Å²) >= 11 is 0. The Balaban J connectivity index is 2.04. The van der Waals surface area contributed by atoms with Gasteiger partial charge in [-0.25, -0.2) is 0 Å². The number of aromatic nitrogens is 1. The molecule has 0 aliphatic rings. The quantitative estimate of drug-likeness (QED) is 0.689. The van der Waals surface area contributed by atoms with Crippen LogP contribution in [0.1, 0.15) is 22.3 Å². The molecule has 0 unspecified atom stereocenters. The smallest absolute Gasteiger partial charge is 0.307 e. The molecule has 0 atom stereocenters. The Morgan fingerprint density at radius 2 is 1.68 bits per heavy atom. The SMILES string of the molecule is COC(=O)CCN(CCc1ccc(OC)cc1)C(=O)c1ccncc1. The number of pyridine rings is 1. The minimum atomic E-state index is -0.336. The minimum Gasteiger partial charge on any atom is -0.497 e. The van der Waals surface area contributed by atoms with Gasteiger partial charge in [0.05, 0.1) is 20.6 Å². The monoisotopic (exact) mass is 342 g/mol. The van der Waals surface area contributed by atoms with Gasteiger partial charge in [0.1, 0.15) is 5.75 Å². The van der Waals surface area contributed by atoms with Crippen LogP contribution in [0.4, 0.5) is 0 Å². The van der Waals surface area contributed by atoms with Crippen molar-refractivity contribution in [1.29, 1.82) is 0 Å². The zero-order valence-electron chi connectivity index (χ0n) is 14.5. The van der Waals surface area contributed by atoms with Gasteiger partial charge < -0.3 is 14.4 Å². The molecule has 25 heavy (non-hydrogen) atoms. The number of benzene rings is 1. The van der Waals surface area contributed by atoms with Gasteiger partial charge in [-0.05, 0) is 36.2 Å². The summed E-state index contributed by atoms with van der Waals surface area (Å²) in [6.07, 6.45) is 4.00. The van der Waals surface area contributed by atoms with E-state index in [1.807, 2.05) is 24.3 Å². The first-order valence-electron chi connectivity index (χ1n) is 8.03. The number of amides is 1. The summed E-state index contributed by atoms with van der Waals surface area (Å²) in [6.45, 7) is 0.814. The van der Waals surface area contributed by atoms with Crippen molar-refractivity contribution in [2.24, 2.45) is 0 Å². The lowest BCUT2D eigenvalue weighted by atomic mass is 10.1. The molecule has 0 spiro atoms. The summed E-state index contributed by atoms with van der Waals surface area (Å²) in [7, 11) is 2.96. The molecule has 0 N–H and O–H groups in total. The third-order valence-electron chi connectivity index (χ3n) is 3.86. The number of hydrogen-bond acceptors (Lipinski definition) is 5. The summed E-state index contributed by atoms with van der Waals surface area (Å²) in [4.78, 5) is 29.7. The second kappa shape index (κ2) is 9.42. The third kappa shape index (κ3) is 5.60. The molecule has 2 aromatic rings. The van der Waals surface area contributed by atoms with Crippen molar-refractivity contribution in [1.82, 2.24) is 9.88 Å². The molecule has 6 heteroatoms. The maximum atomic E-state index is 12.7. The number of hydrogen-bond donors (Lipinski definition) is 0. The predicted molar refractivity (Wildman–Crippen MR) is 93.5 cm³/mol. The second-order valence-corrected chi connectivity index (χ2v) is 5.45. The van der Waals surface area contributed by atoms with Crippen molar-refractivity contribution < 1.29 is 19.1 Å². The standard InChI is InChI=1S/C19H22N2O4/c1-24-17-5-3-15(4-6-17)9-13-21(14-10-18(22)25-2)19(23)16-7-11-20-12-8-16/h3-8,11-12H,9-10,13-14H2,1-2H3. The van der Waals surface area contributed by atoms with Crippen LogP contribution in [-0.2, 0) is 16.0 Å². The van der Waals surface area contributed by atoms with Gasteiger partial charge >= 0.3 is 5.97 Å². The fourth-order valence-corrected chi connectivity index (χ4v) is 2.38. The average molecular weight is 342 g/mol. The number of rotatable bonds is 8. The van der Waals surface area contributed by atoms with Crippen LogP contribution in [-0.4, -0.2) is 49.1 Å². The third-order valence-corrected chi connectivity index (χ3v) is 3.86. The van der Waals surface area contributed by atoms with Crippen molar-refractivity contribution >= 4 is 11.9 Å². The topological polar surface area (TPSA) is 68.7 Å². The van der Waals surface area contributed by atoms with Crippen LogP contribution >= 0.6 is 0 Å². The van der Waals surface area contributed by atoms with E-state index in [9.17, 15) is 9.59 Å². The highest BCUT2D eigenvalue weighted by molar-refractivity contribution is 5.94. The molecule has 0 aliphatic heterocycles. The molecule has 132 valence electrons. The Morgan fingerprint density at radius 1 is 1.00 bits per heavy atom. The fourth-order valence-electron chi connectivity index (χ4n) is 2.38. The number of carbonyl (C=O) groups is 2. The van der Waals surface area contributed by atoms with E-state index in [2.05, 4.69) is 9.72 Å². The summed E-state index contributed by atoms with van der Waals surface area (Å²) in [5, 5.41) is 0. The first-order valence-corrected chi connectivity index (χ1v) is 8.03. The van der Waals surface area contributed by atoms with Crippen molar-refractivity contribution in [2.75, 3.05) is 27.3 Å². The van der Waals surface area contributed by atoms with Crippen LogP contribution in [0.3, 0.4) is 0 Å². The van der Waals surface area contributed by atoms with Gasteiger partial charge in [0.25, 0.3) is 5.91 Å². The molecule has 1 aromatic carbocycles. The lowest BCUT2D eigenvalue weighted by molar-refractivity contribution is -0.140. The predicted octanol–water partition coefficient (Wildman–Crippen LogP) is 2.34. The molecule has 1 amide bonds. The van der Waals surface area contributed by atoms with Crippen molar-refractivity contribution in [3.05, 3.63) is 59.9 Å². The number of methoxy groups -OCH3 is 2. The Kier molecular flexibility index (Phi) is 6.95. The van der Waals surface area contributed by atoms with E-state index >= 15 is 0 Å². The van der Waals surface area contributed by atoms with Crippen LogP contribution in [0.5, 0.6) is 5.75 Å². The molecule has 0 aliphatic carbocycles. The van der Waals surface area contributed by atoms with Crippen LogP contribution in [0.2, 0.25) is 0 Å². The molecule has 0 saturated heterocycles. The van der Waals surface area contributed by atoms with Gasteiger partial charge in [0.15, 0.2) is 0 Å². The van der Waals surface area contributed by atoms with Crippen LogP contribution < -0.4 is 4.74 Å². The molecular weight excluding hydrogens is 320 g/mol. The van der Waals surface area contributed by atoms with Gasteiger partial charge in [-0.15, -0.1) is 0 Å². The second-order valence-electron chi connectivity index (χ2n) is 5.45. The lowest BCUT2D eigenvalue weighted by Gasteiger charge is -2.22. The van der Waals surface area contributed by atoms with Crippen molar-refractivity contribution in [3.63, 3.8) is 0 Å². The van der Waals surface area contributed by atoms with E-state index in [0.717, 1.165) is 11.3 Å². The molecule has 0 bridgehead atoms. The number of esters is 1. The molecule has 6 nitrogen and oxygen atoms in total. The van der Waals surface area contributed by atoms with E-state index in [1.165, 1.54) is 7.11 Å². The van der Waals surface area contributed by atoms with Crippen LogP contribution in [0.25, 0.3) is 0 Å². The van der Waals surface area contributed by atoms with E-state index in [0.29, 0.717) is 25.1 Å². The Hall–Kier alpha value is -2.89. The number of nitrogens with zero attached hydrogens (tertiary/aromatic N) is 2. The largest absolute Gasteiger partial charge is 0.497 e. The highest BCUT2D eigenvalue weighted by atomic mass is 16.5. The maximum absolute atomic E-state index is 12.7. The van der Waals surface area contributed by atoms with Gasteiger partial charge in [0, 0.05) is 31.0 Å². The van der Waals surface area contributed by atoms with E-state index < -0.39 is 0 Å². The Morgan fingerprint density at radius 3 is 2.28 bits per heavy atom. The molecule has 0 radical (unpaired) electrons. The normalized spacial score (nSPS) is 10.2. The van der Waals surface area contributed by atoms with Gasteiger partial charge in [-0.3, -0.25) is 14.6 Å². The summed E-state index contributed by atoms with van der Waals surface area (Å²) in [5.74, 6) is 0.330. The Bertz CT molecular complexity index is 686. The zero-order chi connectivity index (χ0) is 18.1. The molecule has 1 heterocycles. The average Bonchev–Trinajstić information content (AvgIpc) is 2.68. The van der Waals surface area contributed by atoms with Gasteiger partial charge in [0.2, 0.25) is 0 Å². The highest BCUT2D eigenvalue weighted by Gasteiger charge is 2.17. The molecule has 0 saturated carbocycles. The van der Waals surface area contributed by atoms with E-state index in [1.54, 1.807) is 36.5 Å².